The largest absolute Gasteiger partial charge is 0.369 e. The van der Waals surface area contributed by atoms with Gasteiger partial charge in [-0.3, -0.25) is 4.98 Å². The number of anilines is 1. The molecule has 0 N–H and O–H groups in total. The first-order chi connectivity index (χ1) is 8.76. The topological polar surface area (TPSA) is 39.9 Å². The molecule has 96 valence electrons. The highest BCUT2D eigenvalue weighted by molar-refractivity contribution is 5.57. The Labute approximate surface area is 109 Å². The normalized spacial score (nSPS) is 23.4. The standard InChI is InChI=1S/C15H21N3/c1-3-12-4-6-14(7-5-12)18(2)15-11-17-9-8-13(15)10-16/h8-9,11-12,14H,3-7H2,1-2H3. The van der Waals surface area contributed by atoms with Gasteiger partial charge in [0.25, 0.3) is 0 Å². The van der Waals surface area contributed by atoms with E-state index in [1.807, 2.05) is 6.20 Å². The molecule has 0 amide bonds. The smallest absolute Gasteiger partial charge is 0.101 e. The number of aromatic nitrogens is 1. The molecule has 1 aromatic rings. The molecule has 18 heavy (non-hydrogen) atoms. The lowest BCUT2D eigenvalue weighted by Crippen LogP contribution is -2.35. The average molecular weight is 243 g/mol. The Kier molecular flexibility index (Phi) is 4.19. The summed E-state index contributed by atoms with van der Waals surface area (Å²) in [4.78, 5) is 6.39. The molecule has 0 saturated heterocycles. The zero-order valence-corrected chi connectivity index (χ0v) is 11.3. The molecule has 0 unspecified atom stereocenters. The monoisotopic (exact) mass is 243 g/mol. The zero-order valence-electron chi connectivity index (χ0n) is 11.3. The molecule has 0 aromatic carbocycles. The molecule has 1 aromatic heterocycles. The first kappa shape index (κ1) is 12.9. The molecule has 2 rings (SSSR count). The van der Waals surface area contributed by atoms with E-state index in [1.54, 1.807) is 12.3 Å². The van der Waals surface area contributed by atoms with Gasteiger partial charge < -0.3 is 4.90 Å². The molecule has 0 radical (unpaired) electrons. The second-order valence-electron chi connectivity index (χ2n) is 5.20. The summed E-state index contributed by atoms with van der Waals surface area (Å²) in [5.74, 6) is 0.902. The molecule has 1 saturated carbocycles. The lowest BCUT2D eigenvalue weighted by atomic mass is 9.84. The van der Waals surface area contributed by atoms with Crippen molar-refractivity contribution in [1.82, 2.24) is 4.98 Å². The van der Waals surface area contributed by atoms with E-state index in [-0.39, 0.29) is 0 Å². The van der Waals surface area contributed by atoms with Gasteiger partial charge in [0, 0.05) is 19.3 Å². The number of pyridine rings is 1. The van der Waals surface area contributed by atoms with E-state index in [2.05, 4.69) is 29.9 Å². The Bertz CT molecular complexity index is 428. The van der Waals surface area contributed by atoms with Gasteiger partial charge in [0.1, 0.15) is 6.07 Å². The number of rotatable bonds is 3. The third-order valence-electron chi connectivity index (χ3n) is 4.24. The van der Waals surface area contributed by atoms with Gasteiger partial charge in [-0.1, -0.05) is 13.3 Å². The van der Waals surface area contributed by atoms with Crippen molar-refractivity contribution >= 4 is 5.69 Å². The third-order valence-corrected chi connectivity index (χ3v) is 4.24. The Hall–Kier alpha value is -1.56. The summed E-state index contributed by atoms with van der Waals surface area (Å²) in [5.41, 5.74) is 1.70. The van der Waals surface area contributed by atoms with Crippen LogP contribution in [0.2, 0.25) is 0 Å². The fraction of sp³-hybridized carbons (Fsp3) is 0.600. The molecule has 3 heteroatoms. The highest BCUT2D eigenvalue weighted by Gasteiger charge is 2.24. The molecule has 1 fully saturated rings. The van der Waals surface area contributed by atoms with Crippen molar-refractivity contribution in [2.45, 2.75) is 45.1 Å². The molecule has 0 bridgehead atoms. The highest BCUT2D eigenvalue weighted by Crippen LogP contribution is 2.31. The molecule has 1 aliphatic rings. The summed E-state index contributed by atoms with van der Waals surface area (Å²) in [5, 5.41) is 9.14. The predicted octanol–water partition coefficient (Wildman–Crippen LogP) is 3.36. The molecule has 1 heterocycles. The van der Waals surface area contributed by atoms with E-state index < -0.39 is 0 Å². The van der Waals surface area contributed by atoms with Crippen LogP contribution in [0.5, 0.6) is 0 Å². The van der Waals surface area contributed by atoms with Crippen LogP contribution in [0.4, 0.5) is 5.69 Å². The van der Waals surface area contributed by atoms with Gasteiger partial charge in [-0.15, -0.1) is 0 Å². The van der Waals surface area contributed by atoms with E-state index in [9.17, 15) is 0 Å². The molecule has 0 aliphatic heterocycles. The quantitative estimate of drug-likeness (QED) is 0.817. The van der Waals surface area contributed by atoms with E-state index in [4.69, 9.17) is 5.26 Å². The number of nitriles is 1. The van der Waals surface area contributed by atoms with Gasteiger partial charge in [0.15, 0.2) is 0 Å². The average Bonchev–Trinajstić information content (AvgIpc) is 2.46. The van der Waals surface area contributed by atoms with E-state index in [0.717, 1.165) is 17.2 Å². The number of hydrogen-bond acceptors (Lipinski definition) is 3. The highest BCUT2D eigenvalue weighted by atomic mass is 15.1. The van der Waals surface area contributed by atoms with Crippen LogP contribution >= 0.6 is 0 Å². The lowest BCUT2D eigenvalue weighted by Gasteiger charge is -2.35. The van der Waals surface area contributed by atoms with Crippen LogP contribution in [0.1, 0.15) is 44.6 Å². The number of nitrogens with zero attached hydrogens (tertiary/aromatic N) is 3. The van der Waals surface area contributed by atoms with Crippen LogP contribution in [-0.4, -0.2) is 18.1 Å². The van der Waals surface area contributed by atoms with Gasteiger partial charge in [-0.2, -0.15) is 5.26 Å². The minimum atomic E-state index is 0.559. The van der Waals surface area contributed by atoms with Gasteiger partial charge in [0.05, 0.1) is 17.4 Å². The summed E-state index contributed by atoms with van der Waals surface area (Å²) in [6, 6.07) is 4.61. The van der Waals surface area contributed by atoms with Crippen molar-refractivity contribution < 1.29 is 0 Å². The van der Waals surface area contributed by atoms with E-state index in [0.29, 0.717) is 6.04 Å². The van der Waals surface area contributed by atoms with Crippen LogP contribution in [0.15, 0.2) is 18.5 Å². The predicted molar refractivity (Wildman–Crippen MR) is 73.4 cm³/mol. The Morgan fingerprint density at radius 3 is 2.72 bits per heavy atom. The first-order valence-corrected chi connectivity index (χ1v) is 6.83. The Balaban J connectivity index is 2.08. The summed E-state index contributed by atoms with van der Waals surface area (Å²) in [7, 11) is 2.09. The van der Waals surface area contributed by atoms with Crippen LogP contribution < -0.4 is 4.90 Å². The Morgan fingerprint density at radius 1 is 1.39 bits per heavy atom. The van der Waals surface area contributed by atoms with Crippen molar-refractivity contribution in [3.05, 3.63) is 24.0 Å². The fourth-order valence-electron chi connectivity index (χ4n) is 2.90. The van der Waals surface area contributed by atoms with Crippen molar-refractivity contribution in [2.24, 2.45) is 5.92 Å². The van der Waals surface area contributed by atoms with Crippen LogP contribution in [0.25, 0.3) is 0 Å². The van der Waals surface area contributed by atoms with Crippen molar-refractivity contribution in [3.8, 4) is 6.07 Å². The van der Waals surface area contributed by atoms with Gasteiger partial charge in [-0.05, 0) is 37.7 Å². The maximum Gasteiger partial charge on any atom is 0.101 e. The molecule has 1 aliphatic carbocycles. The summed E-state index contributed by atoms with van der Waals surface area (Å²) >= 11 is 0. The maximum atomic E-state index is 9.14. The van der Waals surface area contributed by atoms with E-state index >= 15 is 0 Å². The fourth-order valence-corrected chi connectivity index (χ4v) is 2.90. The van der Waals surface area contributed by atoms with Crippen LogP contribution in [-0.2, 0) is 0 Å². The van der Waals surface area contributed by atoms with Crippen LogP contribution in [0, 0.1) is 17.2 Å². The molecular formula is C15H21N3. The minimum Gasteiger partial charge on any atom is -0.369 e. The maximum absolute atomic E-state index is 9.14. The summed E-state index contributed by atoms with van der Waals surface area (Å²) in [6.45, 7) is 2.28. The van der Waals surface area contributed by atoms with Crippen LogP contribution in [0.3, 0.4) is 0 Å². The summed E-state index contributed by atoms with van der Waals surface area (Å²) in [6.07, 6.45) is 9.88. The third kappa shape index (κ3) is 2.64. The molecule has 3 nitrogen and oxygen atoms in total. The first-order valence-electron chi connectivity index (χ1n) is 6.83. The summed E-state index contributed by atoms with van der Waals surface area (Å²) < 4.78 is 0. The van der Waals surface area contributed by atoms with E-state index in [1.165, 1.54) is 32.1 Å². The van der Waals surface area contributed by atoms with Gasteiger partial charge >= 0.3 is 0 Å². The molecule has 0 spiro atoms. The molecule has 0 atom stereocenters. The lowest BCUT2D eigenvalue weighted by molar-refractivity contribution is 0.313. The second kappa shape index (κ2) is 5.86. The van der Waals surface area contributed by atoms with Crippen molar-refractivity contribution in [2.75, 3.05) is 11.9 Å². The number of hydrogen-bond donors (Lipinski definition) is 0. The second-order valence-corrected chi connectivity index (χ2v) is 5.20. The molecular weight excluding hydrogens is 222 g/mol. The minimum absolute atomic E-state index is 0.559. The van der Waals surface area contributed by atoms with Gasteiger partial charge in [0.2, 0.25) is 0 Å². The van der Waals surface area contributed by atoms with Crippen molar-refractivity contribution in [1.29, 1.82) is 5.26 Å². The SMILES string of the molecule is CCC1CCC(N(C)c2cnccc2C#N)CC1. The van der Waals surface area contributed by atoms with Gasteiger partial charge in [-0.25, -0.2) is 0 Å². The van der Waals surface area contributed by atoms with Crippen molar-refractivity contribution in [3.63, 3.8) is 0 Å². The zero-order chi connectivity index (χ0) is 13.0. The Morgan fingerprint density at radius 2 is 2.11 bits per heavy atom.